The first-order chi connectivity index (χ1) is 14.3. The highest BCUT2D eigenvalue weighted by atomic mass is 16.2. The summed E-state index contributed by atoms with van der Waals surface area (Å²) in [5.74, 6) is -0.0253. The molecule has 1 saturated heterocycles. The molecule has 1 N–H and O–H groups in total. The highest BCUT2D eigenvalue weighted by Crippen LogP contribution is 2.17. The molecule has 7 nitrogen and oxygen atoms in total. The molecule has 150 valence electrons. The van der Waals surface area contributed by atoms with E-state index in [4.69, 9.17) is 0 Å². The summed E-state index contributed by atoms with van der Waals surface area (Å²) in [6, 6.07) is 20.2. The maximum Gasteiger partial charge on any atom is 0.245 e. The molecule has 1 fully saturated rings. The number of rotatable bonds is 7. The van der Waals surface area contributed by atoms with E-state index in [9.17, 15) is 4.79 Å². The minimum absolute atomic E-state index is 0.0253. The van der Waals surface area contributed by atoms with Crippen molar-refractivity contribution in [3.63, 3.8) is 0 Å². The largest absolute Gasteiger partial charge is 0.351 e. The van der Waals surface area contributed by atoms with E-state index in [0.717, 1.165) is 38.0 Å². The lowest BCUT2D eigenvalue weighted by Crippen LogP contribution is -2.46. The molecule has 0 radical (unpaired) electrons. The Labute approximate surface area is 170 Å². The van der Waals surface area contributed by atoms with Gasteiger partial charge in [-0.15, -0.1) is 5.10 Å². The molecule has 3 aromatic rings. The van der Waals surface area contributed by atoms with Crippen molar-refractivity contribution in [1.29, 1.82) is 0 Å². The van der Waals surface area contributed by atoms with E-state index >= 15 is 0 Å². The second-order valence-electron chi connectivity index (χ2n) is 7.54. The Morgan fingerprint density at radius 1 is 1.00 bits per heavy atom. The van der Waals surface area contributed by atoms with Gasteiger partial charge in [0.05, 0.1) is 0 Å². The van der Waals surface area contributed by atoms with Crippen LogP contribution in [0.2, 0.25) is 0 Å². The van der Waals surface area contributed by atoms with Gasteiger partial charge in [-0.3, -0.25) is 9.69 Å². The molecule has 0 aliphatic carbocycles. The van der Waals surface area contributed by atoms with Gasteiger partial charge in [0.25, 0.3) is 0 Å². The first-order valence-electron chi connectivity index (χ1n) is 10.1. The minimum Gasteiger partial charge on any atom is -0.351 e. The van der Waals surface area contributed by atoms with Gasteiger partial charge < -0.3 is 5.32 Å². The average molecular weight is 390 g/mol. The van der Waals surface area contributed by atoms with E-state index in [0.29, 0.717) is 6.42 Å². The van der Waals surface area contributed by atoms with Crippen LogP contribution < -0.4 is 5.32 Å². The molecule has 4 rings (SSSR count). The third-order valence-electron chi connectivity index (χ3n) is 5.44. The zero-order chi connectivity index (χ0) is 19.9. The van der Waals surface area contributed by atoms with Gasteiger partial charge in [-0.2, -0.15) is 0 Å². The van der Waals surface area contributed by atoms with Crippen LogP contribution in [0.3, 0.4) is 0 Å². The number of nitrogens with one attached hydrogen (secondary N) is 1. The molecule has 29 heavy (non-hydrogen) atoms. The molecular weight excluding hydrogens is 364 g/mol. The third-order valence-corrected chi connectivity index (χ3v) is 5.44. The number of hydrogen-bond acceptors (Lipinski definition) is 5. The van der Waals surface area contributed by atoms with Crippen LogP contribution in [0.15, 0.2) is 67.0 Å². The molecule has 1 amide bonds. The van der Waals surface area contributed by atoms with Crippen molar-refractivity contribution < 1.29 is 4.79 Å². The SMILES string of the molecule is O=C(NC1CCN(Cc2ccccc2)CC1)C(Cc1ccccc1)n1cnnn1. The average Bonchev–Trinajstić information content (AvgIpc) is 3.29. The summed E-state index contributed by atoms with van der Waals surface area (Å²) in [7, 11) is 0. The number of piperidine rings is 1. The zero-order valence-electron chi connectivity index (χ0n) is 16.4. The van der Waals surface area contributed by atoms with Crippen LogP contribution in [-0.2, 0) is 17.8 Å². The molecule has 1 unspecified atom stereocenters. The van der Waals surface area contributed by atoms with Gasteiger partial charge in [0.15, 0.2) is 0 Å². The highest BCUT2D eigenvalue weighted by molar-refractivity contribution is 5.80. The molecule has 1 aliphatic heterocycles. The summed E-state index contributed by atoms with van der Waals surface area (Å²) >= 11 is 0. The molecule has 1 atom stereocenters. The van der Waals surface area contributed by atoms with Crippen molar-refractivity contribution in [3.05, 3.63) is 78.1 Å². The monoisotopic (exact) mass is 390 g/mol. The Morgan fingerprint density at radius 3 is 2.28 bits per heavy atom. The summed E-state index contributed by atoms with van der Waals surface area (Å²) < 4.78 is 1.55. The summed E-state index contributed by atoms with van der Waals surface area (Å²) in [5, 5.41) is 14.6. The normalized spacial score (nSPS) is 16.4. The number of likely N-dealkylation sites (tertiary alicyclic amines) is 1. The number of amides is 1. The van der Waals surface area contributed by atoms with Crippen LogP contribution in [0.1, 0.15) is 30.0 Å². The quantitative estimate of drug-likeness (QED) is 0.670. The Morgan fingerprint density at radius 2 is 1.66 bits per heavy atom. The molecule has 1 aliphatic rings. The summed E-state index contributed by atoms with van der Waals surface area (Å²) in [6.07, 6.45) is 3.97. The minimum atomic E-state index is -0.449. The molecule has 0 bridgehead atoms. The van der Waals surface area contributed by atoms with Crippen LogP contribution in [0.5, 0.6) is 0 Å². The Balaban J connectivity index is 1.33. The lowest BCUT2D eigenvalue weighted by molar-refractivity contribution is -0.125. The smallest absolute Gasteiger partial charge is 0.245 e. The molecule has 1 aromatic heterocycles. The van der Waals surface area contributed by atoms with Crippen LogP contribution in [0.4, 0.5) is 0 Å². The Hall–Kier alpha value is -3.06. The van der Waals surface area contributed by atoms with Crippen LogP contribution >= 0.6 is 0 Å². The van der Waals surface area contributed by atoms with E-state index in [1.54, 1.807) is 4.68 Å². The van der Waals surface area contributed by atoms with Crippen LogP contribution in [0, 0.1) is 0 Å². The Kier molecular flexibility index (Phi) is 6.26. The zero-order valence-corrected chi connectivity index (χ0v) is 16.4. The van der Waals surface area contributed by atoms with Crippen molar-refractivity contribution >= 4 is 5.91 Å². The number of aromatic nitrogens is 4. The predicted octanol–water partition coefficient (Wildman–Crippen LogP) is 2.24. The van der Waals surface area contributed by atoms with E-state index in [1.165, 1.54) is 11.9 Å². The summed E-state index contributed by atoms with van der Waals surface area (Å²) in [4.78, 5) is 15.5. The van der Waals surface area contributed by atoms with Crippen molar-refractivity contribution in [3.8, 4) is 0 Å². The number of carbonyl (C=O) groups excluding carboxylic acids is 1. The number of benzene rings is 2. The fraction of sp³-hybridized carbons (Fsp3) is 0.364. The number of nitrogens with zero attached hydrogens (tertiary/aromatic N) is 5. The summed E-state index contributed by atoms with van der Waals surface area (Å²) in [5.41, 5.74) is 2.41. The lowest BCUT2D eigenvalue weighted by atomic mass is 10.0. The van der Waals surface area contributed by atoms with E-state index in [1.807, 2.05) is 36.4 Å². The lowest BCUT2D eigenvalue weighted by Gasteiger charge is -2.33. The van der Waals surface area contributed by atoms with Gasteiger partial charge in [-0.05, 0) is 34.4 Å². The topological polar surface area (TPSA) is 75.9 Å². The maximum atomic E-state index is 13.0. The van der Waals surface area contributed by atoms with Gasteiger partial charge >= 0.3 is 0 Å². The molecule has 0 spiro atoms. The third kappa shape index (κ3) is 5.26. The van der Waals surface area contributed by atoms with Crippen molar-refractivity contribution in [2.45, 2.75) is 37.9 Å². The van der Waals surface area contributed by atoms with E-state index in [-0.39, 0.29) is 11.9 Å². The fourth-order valence-electron chi connectivity index (χ4n) is 3.83. The molecule has 2 aromatic carbocycles. The first kappa shape index (κ1) is 19.3. The molecular formula is C22H26N6O. The molecule has 0 saturated carbocycles. The van der Waals surface area contributed by atoms with E-state index in [2.05, 4.69) is 50.0 Å². The second-order valence-corrected chi connectivity index (χ2v) is 7.54. The van der Waals surface area contributed by atoms with E-state index < -0.39 is 6.04 Å². The summed E-state index contributed by atoms with van der Waals surface area (Å²) in [6.45, 7) is 2.92. The van der Waals surface area contributed by atoms with Gasteiger partial charge in [0, 0.05) is 32.1 Å². The number of hydrogen-bond donors (Lipinski definition) is 1. The molecule has 2 heterocycles. The van der Waals surface area contributed by atoms with Crippen molar-refractivity contribution in [2.75, 3.05) is 13.1 Å². The fourth-order valence-corrected chi connectivity index (χ4v) is 3.83. The van der Waals surface area contributed by atoms with Gasteiger partial charge in [0.2, 0.25) is 5.91 Å². The highest BCUT2D eigenvalue weighted by Gasteiger charge is 2.27. The second kappa shape index (κ2) is 9.43. The van der Waals surface area contributed by atoms with Crippen LogP contribution in [0.25, 0.3) is 0 Å². The van der Waals surface area contributed by atoms with Gasteiger partial charge in [0.1, 0.15) is 12.4 Å². The maximum absolute atomic E-state index is 13.0. The standard InChI is InChI=1S/C22H26N6O/c29-22(21(28-17-23-25-26-28)15-18-7-3-1-4-8-18)24-20-11-13-27(14-12-20)16-19-9-5-2-6-10-19/h1-10,17,20-21H,11-16H2,(H,24,29). The van der Waals surface area contributed by atoms with Crippen molar-refractivity contribution in [1.82, 2.24) is 30.4 Å². The number of tetrazole rings is 1. The molecule has 7 heteroatoms. The van der Waals surface area contributed by atoms with Gasteiger partial charge in [-0.1, -0.05) is 60.7 Å². The van der Waals surface area contributed by atoms with Gasteiger partial charge in [-0.25, -0.2) is 4.68 Å². The van der Waals surface area contributed by atoms with Crippen LogP contribution in [-0.4, -0.2) is 50.1 Å². The first-order valence-corrected chi connectivity index (χ1v) is 10.1. The number of carbonyl (C=O) groups is 1. The Bertz CT molecular complexity index is 876. The van der Waals surface area contributed by atoms with Crippen molar-refractivity contribution in [2.24, 2.45) is 0 Å². The predicted molar refractivity (Wildman–Crippen MR) is 110 cm³/mol.